The van der Waals surface area contributed by atoms with E-state index in [-0.39, 0.29) is 29.9 Å². The SMILES string of the molecule is Cl.Fc1ccc(CNc2ccnc3cc(Cl)ccc23)cc1.Fc1ccc(CNc2ccnc3ccccc23)cc1.Fc1ccc(Nc2c3ccccc3nc3ccccc23)cc1. The monoisotopic (exact) mass is 862 g/mol. The van der Waals surface area contributed by atoms with Gasteiger partial charge in [-0.15, -0.1) is 12.4 Å². The summed E-state index contributed by atoms with van der Waals surface area (Å²) in [7, 11) is 0. The van der Waals surface area contributed by atoms with E-state index in [1.165, 1.54) is 36.4 Å². The Hall–Kier alpha value is -7.20. The molecule has 0 fully saturated rings. The molecule has 3 heterocycles. The highest BCUT2D eigenvalue weighted by Gasteiger charge is 2.09. The Morgan fingerprint density at radius 3 is 1.40 bits per heavy atom. The number of halogens is 5. The van der Waals surface area contributed by atoms with Crippen molar-refractivity contribution in [2.75, 3.05) is 16.0 Å². The van der Waals surface area contributed by atoms with Gasteiger partial charge in [0.2, 0.25) is 0 Å². The van der Waals surface area contributed by atoms with Gasteiger partial charge in [0.25, 0.3) is 0 Å². The lowest BCUT2D eigenvalue weighted by Crippen LogP contribution is -2.00. The Bertz CT molecular complexity index is 3000. The first kappa shape index (κ1) is 42.9. The number of para-hydroxylation sites is 3. The molecule has 0 spiro atoms. The van der Waals surface area contributed by atoms with Crippen molar-refractivity contribution in [3.63, 3.8) is 0 Å². The van der Waals surface area contributed by atoms with Gasteiger partial charge in [-0.25, -0.2) is 18.2 Å². The lowest BCUT2D eigenvalue weighted by Gasteiger charge is -2.13. The molecule has 0 amide bonds. The van der Waals surface area contributed by atoms with E-state index >= 15 is 0 Å². The number of nitrogens with one attached hydrogen (secondary N) is 3. The second-order valence-corrected chi connectivity index (χ2v) is 14.4. The third-order valence-electron chi connectivity index (χ3n) is 9.85. The fourth-order valence-corrected chi connectivity index (χ4v) is 6.94. The number of anilines is 4. The first-order valence-corrected chi connectivity index (χ1v) is 19.9. The van der Waals surface area contributed by atoms with Gasteiger partial charge in [-0.05, 0) is 108 Å². The van der Waals surface area contributed by atoms with E-state index in [1.807, 2.05) is 103 Å². The van der Waals surface area contributed by atoms with Gasteiger partial charge in [-0.3, -0.25) is 9.97 Å². The highest BCUT2D eigenvalue weighted by Crippen LogP contribution is 2.33. The fraction of sp³-hybridized carbons (Fsp3) is 0.0392. The van der Waals surface area contributed by atoms with E-state index in [2.05, 4.69) is 25.9 Å². The molecule has 3 aromatic heterocycles. The molecule has 10 aromatic rings. The Labute approximate surface area is 367 Å². The van der Waals surface area contributed by atoms with Crippen molar-refractivity contribution >= 4 is 90.4 Å². The van der Waals surface area contributed by atoms with Crippen LogP contribution in [0.25, 0.3) is 43.6 Å². The average Bonchev–Trinajstić information content (AvgIpc) is 3.29. The molecule has 62 heavy (non-hydrogen) atoms. The van der Waals surface area contributed by atoms with Crippen LogP contribution >= 0.6 is 24.0 Å². The van der Waals surface area contributed by atoms with Gasteiger partial charge in [0, 0.05) is 69.1 Å². The maximum absolute atomic E-state index is 13.1. The Morgan fingerprint density at radius 2 is 0.871 bits per heavy atom. The Balaban J connectivity index is 0.000000139. The Morgan fingerprint density at radius 1 is 0.435 bits per heavy atom. The zero-order valence-corrected chi connectivity index (χ0v) is 34.6. The van der Waals surface area contributed by atoms with Gasteiger partial charge in [0.05, 0.1) is 27.8 Å². The summed E-state index contributed by atoms with van der Waals surface area (Å²) in [5.41, 5.74) is 9.61. The van der Waals surface area contributed by atoms with Crippen molar-refractivity contribution in [2.24, 2.45) is 0 Å². The molecule has 0 aliphatic heterocycles. The number of benzene rings is 7. The van der Waals surface area contributed by atoms with Gasteiger partial charge in [0.15, 0.2) is 0 Å². The molecule has 0 aliphatic carbocycles. The van der Waals surface area contributed by atoms with Gasteiger partial charge in [0.1, 0.15) is 17.5 Å². The number of rotatable bonds is 8. The predicted octanol–water partition coefficient (Wildman–Crippen LogP) is 14.3. The van der Waals surface area contributed by atoms with Crippen LogP contribution in [0.1, 0.15) is 11.1 Å². The minimum Gasteiger partial charge on any atom is -0.380 e. The number of hydrogen-bond acceptors (Lipinski definition) is 6. The predicted molar refractivity (Wildman–Crippen MR) is 252 cm³/mol. The summed E-state index contributed by atoms with van der Waals surface area (Å²) in [6.07, 6.45) is 3.53. The minimum atomic E-state index is -0.241. The second-order valence-electron chi connectivity index (χ2n) is 14.0. The van der Waals surface area contributed by atoms with E-state index in [4.69, 9.17) is 16.6 Å². The van der Waals surface area contributed by atoms with E-state index in [0.717, 1.165) is 77.5 Å². The van der Waals surface area contributed by atoms with Gasteiger partial charge >= 0.3 is 0 Å². The first-order valence-electron chi connectivity index (χ1n) is 19.5. The average molecular weight is 864 g/mol. The molecular weight excluding hydrogens is 825 g/mol. The van der Waals surface area contributed by atoms with Crippen LogP contribution in [0.5, 0.6) is 0 Å². The number of aromatic nitrogens is 3. The highest BCUT2D eigenvalue weighted by molar-refractivity contribution is 6.31. The van der Waals surface area contributed by atoms with Crippen molar-refractivity contribution in [1.29, 1.82) is 0 Å². The molecule has 0 aliphatic rings. The number of fused-ring (bicyclic) bond motifs is 4. The molecule has 10 rings (SSSR count). The number of nitrogens with zero attached hydrogens (tertiary/aromatic N) is 3. The van der Waals surface area contributed by atoms with Crippen LogP contribution in [0.15, 0.2) is 188 Å². The van der Waals surface area contributed by atoms with Crippen LogP contribution in [0, 0.1) is 17.5 Å². The summed E-state index contributed by atoms with van der Waals surface area (Å²) in [5, 5.41) is 15.0. The molecular formula is C51H39Cl2F3N6. The minimum absolute atomic E-state index is 0. The molecule has 6 nitrogen and oxygen atoms in total. The van der Waals surface area contributed by atoms with Crippen LogP contribution in [-0.2, 0) is 13.1 Å². The molecule has 3 N–H and O–H groups in total. The van der Waals surface area contributed by atoms with Gasteiger partial charge in [-0.1, -0.05) is 90.5 Å². The van der Waals surface area contributed by atoms with Crippen molar-refractivity contribution in [2.45, 2.75) is 13.1 Å². The van der Waals surface area contributed by atoms with Crippen LogP contribution in [0.3, 0.4) is 0 Å². The third kappa shape index (κ3) is 10.8. The molecule has 0 saturated heterocycles. The first-order chi connectivity index (χ1) is 29.9. The fourth-order valence-electron chi connectivity index (χ4n) is 6.78. The summed E-state index contributed by atoms with van der Waals surface area (Å²) in [5.74, 6) is -0.675. The summed E-state index contributed by atoms with van der Waals surface area (Å²) >= 11 is 5.96. The largest absolute Gasteiger partial charge is 0.380 e. The van der Waals surface area contributed by atoms with E-state index in [9.17, 15) is 13.2 Å². The smallest absolute Gasteiger partial charge is 0.123 e. The van der Waals surface area contributed by atoms with Gasteiger partial charge in [-0.2, -0.15) is 0 Å². The van der Waals surface area contributed by atoms with Crippen LogP contribution in [0.4, 0.5) is 35.9 Å². The molecule has 0 bridgehead atoms. The second kappa shape index (κ2) is 20.4. The summed E-state index contributed by atoms with van der Waals surface area (Å²) in [4.78, 5) is 13.3. The maximum Gasteiger partial charge on any atom is 0.123 e. The van der Waals surface area contributed by atoms with Crippen molar-refractivity contribution in [3.8, 4) is 0 Å². The van der Waals surface area contributed by atoms with E-state index in [0.29, 0.717) is 18.1 Å². The lowest BCUT2D eigenvalue weighted by molar-refractivity contribution is 0.626. The van der Waals surface area contributed by atoms with Crippen molar-refractivity contribution < 1.29 is 13.2 Å². The number of hydrogen-bond donors (Lipinski definition) is 3. The van der Waals surface area contributed by atoms with Crippen LogP contribution in [0.2, 0.25) is 5.02 Å². The summed E-state index contributed by atoms with van der Waals surface area (Å²) in [6.45, 7) is 1.29. The van der Waals surface area contributed by atoms with E-state index < -0.39 is 0 Å². The van der Waals surface area contributed by atoms with Gasteiger partial charge < -0.3 is 16.0 Å². The molecule has 0 radical (unpaired) electrons. The molecule has 7 aromatic carbocycles. The topological polar surface area (TPSA) is 74.8 Å². The van der Waals surface area contributed by atoms with E-state index in [1.54, 1.807) is 48.8 Å². The molecule has 0 saturated carbocycles. The molecule has 11 heteroatoms. The molecule has 0 atom stereocenters. The third-order valence-corrected chi connectivity index (χ3v) is 10.1. The zero-order chi connectivity index (χ0) is 42.0. The summed E-state index contributed by atoms with van der Waals surface area (Å²) in [6, 6.07) is 52.8. The highest BCUT2D eigenvalue weighted by atomic mass is 35.5. The van der Waals surface area contributed by atoms with Crippen molar-refractivity contribution in [1.82, 2.24) is 15.0 Å². The zero-order valence-electron chi connectivity index (χ0n) is 33.1. The standard InChI is InChI=1S/C19H13FN2.C16H12ClFN2.C16H13FN2.ClH/c20-13-9-11-14(12-10-13)21-19-15-5-1-3-7-17(15)22-18-8-4-2-6-16(18)19;17-12-3-6-14-15(7-8-19-16(14)9-12)20-10-11-1-4-13(18)5-2-11;17-13-7-5-12(6-8-13)11-19-16-9-10-18-15-4-2-1-3-14(15)16;/h1-12H,(H,21,22);1-9H,10H2,(H,19,20);1-10H,11H2,(H,18,19);1H. The lowest BCUT2D eigenvalue weighted by atomic mass is 10.1. The summed E-state index contributed by atoms with van der Waals surface area (Å²) < 4.78 is 38.8. The number of pyridine rings is 3. The normalized spacial score (nSPS) is 10.6. The van der Waals surface area contributed by atoms with Crippen molar-refractivity contribution in [3.05, 3.63) is 222 Å². The maximum atomic E-state index is 13.1. The Kier molecular flexibility index (Phi) is 14.1. The molecule has 0 unspecified atom stereocenters. The van der Waals surface area contributed by atoms with Crippen LogP contribution < -0.4 is 16.0 Å². The van der Waals surface area contributed by atoms with Crippen LogP contribution in [-0.4, -0.2) is 15.0 Å². The molecule has 308 valence electrons. The quantitative estimate of drug-likeness (QED) is 0.132.